The molecule has 11 nitrogen and oxygen atoms in total. The highest BCUT2D eigenvalue weighted by Crippen LogP contribution is 2.51. The molecule has 0 radical (unpaired) electrons. The molecule has 292 valence electrons. The van der Waals surface area contributed by atoms with Gasteiger partial charge in [-0.05, 0) is 72.0 Å². The number of carbonyl (C=O) groups excluding carboxylic acids is 2. The number of benzene rings is 3. The van der Waals surface area contributed by atoms with Crippen LogP contribution in [0.4, 0.5) is 8.78 Å². The van der Waals surface area contributed by atoms with Crippen LogP contribution in [0.1, 0.15) is 39.8 Å². The SMILES string of the molecule is Cc1c(C2=CC(C#N)(S(=O)(=O)c3ccc(F)c(Cl)c3)C(F)C=C2CN2C(=O)C(c3ccccc3)(c3ccccc3)N=C2N)sc([C@@]2(C)CC(=O)N(C)C(N)=N2)c1Cl. The average molecular weight is 849 g/mol. The zero-order chi connectivity index (χ0) is 41.2. The Kier molecular flexibility index (Phi) is 9.93. The van der Waals surface area contributed by atoms with Gasteiger partial charge in [0.05, 0.1) is 38.9 Å². The highest BCUT2D eigenvalue weighted by Gasteiger charge is 2.55. The Morgan fingerprint density at radius 3 is 2.18 bits per heavy atom. The van der Waals surface area contributed by atoms with Gasteiger partial charge in [0.15, 0.2) is 23.6 Å². The highest BCUT2D eigenvalue weighted by atomic mass is 35.5. The minimum absolute atomic E-state index is 0.0372. The summed E-state index contributed by atoms with van der Waals surface area (Å²) in [6, 6.07) is 21.8. The summed E-state index contributed by atoms with van der Waals surface area (Å²) in [4.78, 5) is 39.6. The van der Waals surface area contributed by atoms with Crippen molar-refractivity contribution in [1.82, 2.24) is 9.80 Å². The number of guanidine groups is 2. The summed E-state index contributed by atoms with van der Waals surface area (Å²) < 4.78 is 57.0. The molecule has 0 saturated carbocycles. The Hall–Kier alpha value is -5.40. The second-order valence-corrected chi connectivity index (χ2v) is 18.0. The molecule has 0 fully saturated rings. The van der Waals surface area contributed by atoms with Crippen molar-refractivity contribution in [2.75, 3.05) is 13.6 Å². The van der Waals surface area contributed by atoms with E-state index >= 15 is 4.39 Å². The summed E-state index contributed by atoms with van der Waals surface area (Å²) in [5.74, 6) is -2.06. The topological polar surface area (TPSA) is 175 Å². The third-order valence-corrected chi connectivity index (χ3v) is 15.1. The molecule has 3 atom stereocenters. The first kappa shape index (κ1) is 39.8. The molecule has 0 bridgehead atoms. The number of carbonyl (C=O) groups is 2. The van der Waals surface area contributed by atoms with Gasteiger partial charge in [-0.2, -0.15) is 5.26 Å². The van der Waals surface area contributed by atoms with Crippen molar-refractivity contribution in [2.24, 2.45) is 21.5 Å². The largest absolute Gasteiger partial charge is 0.369 e. The lowest BCUT2D eigenvalue weighted by atomic mass is 9.82. The first-order valence-electron chi connectivity index (χ1n) is 17.3. The lowest BCUT2D eigenvalue weighted by Crippen LogP contribution is -2.48. The quantitative estimate of drug-likeness (QED) is 0.193. The van der Waals surface area contributed by atoms with Crippen molar-refractivity contribution in [2.45, 2.75) is 47.2 Å². The summed E-state index contributed by atoms with van der Waals surface area (Å²) in [5.41, 5.74) is 11.3. The van der Waals surface area contributed by atoms with E-state index in [1.54, 1.807) is 80.6 Å². The van der Waals surface area contributed by atoms with E-state index in [2.05, 4.69) is 4.99 Å². The summed E-state index contributed by atoms with van der Waals surface area (Å²) in [6.45, 7) is 2.89. The number of nitrogens with zero attached hydrogens (tertiary/aromatic N) is 5. The lowest BCUT2D eigenvalue weighted by molar-refractivity contribution is -0.130. The van der Waals surface area contributed by atoms with E-state index in [1.165, 1.54) is 16.8 Å². The van der Waals surface area contributed by atoms with Crippen LogP contribution < -0.4 is 11.5 Å². The standard InChI is InChI=1S/C40H33Cl2F2N7O4S2/c1-22-32(42)34(38(2)19-31(52)50(3)36(46)48-38)56-33(22)27-18-39(21-45,57(54,55)26-14-15-29(43)28(41)17-26)30(44)16-23(27)20-51-35(53)40(49-37(51)47,24-10-6-4-7-11-24)25-12-8-5-9-13-25/h4-18,30H,19-20H2,1-3H3,(H2,46,48)(H2,47,49)/t30?,38-,39?/m1/s1. The van der Waals surface area contributed by atoms with Gasteiger partial charge in [-0.25, -0.2) is 27.2 Å². The molecular formula is C40H33Cl2F2N7O4S2. The lowest BCUT2D eigenvalue weighted by Gasteiger charge is -2.33. The van der Waals surface area contributed by atoms with Crippen molar-refractivity contribution in [1.29, 1.82) is 5.26 Å². The summed E-state index contributed by atoms with van der Waals surface area (Å²) in [6.07, 6.45) is -0.706. The number of rotatable bonds is 8. The Morgan fingerprint density at radius 2 is 1.61 bits per heavy atom. The van der Waals surface area contributed by atoms with Crippen LogP contribution in [0.25, 0.3) is 5.57 Å². The number of nitrogens with two attached hydrogens (primary N) is 2. The first-order valence-corrected chi connectivity index (χ1v) is 20.4. The maximum atomic E-state index is 16.9. The van der Waals surface area contributed by atoms with Crippen LogP contribution in [-0.2, 0) is 30.5 Å². The van der Waals surface area contributed by atoms with Gasteiger partial charge < -0.3 is 11.5 Å². The van der Waals surface area contributed by atoms with E-state index < -0.39 is 60.0 Å². The van der Waals surface area contributed by atoms with Crippen LogP contribution >= 0.6 is 34.5 Å². The predicted octanol–water partition coefficient (Wildman–Crippen LogP) is 6.39. The zero-order valence-corrected chi connectivity index (χ0v) is 33.6. The number of amides is 2. The number of allylic oxidation sites excluding steroid dienone is 1. The van der Waals surface area contributed by atoms with Crippen molar-refractivity contribution >= 4 is 73.7 Å². The van der Waals surface area contributed by atoms with Gasteiger partial charge in [0.2, 0.25) is 20.5 Å². The van der Waals surface area contributed by atoms with Gasteiger partial charge in [-0.1, -0.05) is 83.9 Å². The average Bonchev–Trinajstić information content (AvgIpc) is 3.63. The Morgan fingerprint density at radius 1 is 1.00 bits per heavy atom. The van der Waals surface area contributed by atoms with Crippen molar-refractivity contribution in [3.05, 3.63) is 139 Å². The maximum absolute atomic E-state index is 16.9. The van der Waals surface area contributed by atoms with Crippen LogP contribution in [-0.4, -0.2) is 66.5 Å². The molecule has 4 aromatic rings. The zero-order valence-electron chi connectivity index (χ0n) is 30.5. The van der Waals surface area contributed by atoms with Gasteiger partial charge in [0.25, 0.3) is 5.91 Å². The van der Waals surface area contributed by atoms with E-state index in [-0.39, 0.29) is 40.4 Å². The normalized spacial score (nSPS) is 23.4. The number of alkyl halides is 1. The second-order valence-electron chi connectivity index (χ2n) is 14.0. The Bertz CT molecular complexity index is 2610. The van der Waals surface area contributed by atoms with Crippen LogP contribution in [0.2, 0.25) is 10.0 Å². The molecule has 1 aromatic heterocycles. The molecule has 2 unspecified atom stereocenters. The molecule has 2 amide bonds. The predicted molar refractivity (Wildman–Crippen MR) is 215 cm³/mol. The molecule has 3 heterocycles. The number of sulfone groups is 1. The monoisotopic (exact) mass is 847 g/mol. The molecule has 3 aromatic carbocycles. The Balaban J connectivity index is 1.41. The molecule has 4 N–H and O–H groups in total. The molecule has 57 heavy (non-hydrogen) atoms. The number of halogens is 4. The number of nitriles is 1. The van der Waals surface area contributed by atoms with E-state index in [9.17, 15) is 27.7 Å². The maximum Gasteiger partial charge on any atom is 0.266 e. The van der Waals surface area contributed by atoms with Crippen LogP contribution in [0, 0.1) is 24.1 Å². The molecular weight excluding hydrogens is 816 g/mol. The molecule has 0 saturated heterocycles. The molecule has 7 rings (SSSR count). The fourth-order valence-electron chi connectivity index (χ4n) is 7.28. The highest BCUT2D eigenvalue weighted by molar-refractivity contribution is 7.93. The van der Waals surface area contributed by atoms with Gasteiger partial charge in [-0.3, -0.25) is 19.4 Å². The minimum Gasteiger partial charge on any atom is -0.369 e. The number of aliphatic imine (C=N–C) groups is 2. The molecule has 0 spiro atoms. The van der Waals surface area contributed by atoms with Gasteiger partial charge in [0, 0.05) is 11.9 Å². The third-order valence-electron chi connectivity index (χ3n) is 10.5. The van der Waals surface area contributed by atoms with Gasteiger partial charge >= 0.3 is 0 Å². The van der Waals surface area contributed by atoms with Gasteiger partial charge in [0.1, 0.15) is 11.4 Å². The smallest absolute Gasteiger partial charge is 0.266 e. The van der Waals surface area contributed by atoms with Crippen molar-refractivity contribution < 1.29 is 26.8 Å². The van der Waals surface area contributed by atoms with Crippen LogP contribution in [0.15, 0.2) is 111 Å². The van der Waals surface area contributed by atoms with E-state index in [0.717, 1.165) is 41.7 Å². The van der Waals surface area contributed by atoms with E-state index in [4.69, 9.17) is 39.7 Å². The first-order chi connectivity index (χ1) is 26.9. The van der Waals surface area contributed by atoms with E-state index in [0.29, 0.717) is 26.4 Å². The van der Waals surface area contributed by atoms with Crippen LogP contribution in [0.5, 0.6) is 0 Å². The van der Waals surface area contributed by atoms with Crippen molar-refractivity contribution in [3.8, 4) is 6.07 Å². The fourth-order valence-corrected chi connectivity index (χ4v) is 11.0. The second kappa shape index (κ2) is 14.2. The fraction of sp³-hybridized carbons (Fsp3) is 0.225. The minimum atomic E-state index is -4.99. The van der Waals surface area contributed by atoms with Crippen LogP contribution in [0.3, 0.4) is 0 Å². The Labute approximate surface area is 341 Å². The molecule has 3 aliphatic rings. The molecule has 1 aliphatic carbocycles. The number of thiophene rings is 1. The van der Waals surface area contributed by atoms with E-state index in [1.807, 2.05) is 0 Å². The van der Waals surface area contributed by atoms with Crippen molar-refractivity contribution in [3.63, 3.8) is 0 Å². The summed E-state index contributed by atoms with van der Waals surface area (Å²) >= 11 is 14.0. The number of hydrogen-bond acceptors (Lipinski definition) is 10. The third kappa shape index (κ3) is 6.13. The molecule has 2 aliphatic heterocycles. The van der Waals surface area contributed by atoms with Gasteiger partial charge in [-0.15, -0.1) is 11.3 Å². The summed E-state index contributed by atoms with van der Waals surface area (Å²) in [5, 5.41) is 10.3. The molecule has 17 heteroatoms. The number of hydrogen-bond donors (Lipinski definition) is 2. The summed E-state index contributed by atoms with van der Waals surface area (Å²) in [7, 11) is -3.50.